The lowest BCUT2D eigenvalue weighted by Gasteiger charge is -2.34. The molecule has 0 spiro atoms. The lowest BCUT2D eigenvalue weighted by molar-refractivity contribution is -0.120. The number of carbonyl (C=O) groups excluding carboxylic acids is 1. The third kappa shape index (κ3) is 1.96. The van der Waals surface area contributed by atoms with E-state index in [2.05, 4.69) is 35.0 Å². The molecule has 3 nitrogen and oxygen atoms in total. The highest BCUT2D eigenvalue weighted by Crippen LogP contribution is 2.26. The number of piperidine rings is 1. The van der Waals surface area contributed by atoms with Crippen molar-refractivity contribution >= 4 is 22.4 Å². The summed E-state index contributed by atoms with van der Waals surface area (Å²) in [6.07, 6.45) is 3.13. The van der Waals surface area contributed by atoms with E-state index in [1.807, 2.05) is 18.3 Å². The first-order valence-corrected chi connectivity index (χ1v) is 6.37. The smallest absolute Gasteiger partial charge is 0.136 e. The highest BCUT2D eigenvalue weighted by Gasteiger charge is 2.23. The maximum Gasteiger partial charge on any atom is 0.136 e. The second-order valence-electron chi connectivity index (χ2n) is 4.92. The summed E-state index contributed by atoms with van der Waals surface area (Å²) in [5.74, 6) is 0.376. The average Bonchev–Trinajstić information content (AvgIpc) is 2.38. The number of aromatic nitrogens is 1. The van der Waals surface area contributed by atoms with Gasteiger partial charge in [-0.3, -0.25) is 9.78 Å². The SMILES string of the molecule is CC1CC(=O)CCN1c1ccc2ncccc2c1. The number of benzene rings is 1. The van der Waals surface area contributed by atoms with E-state index in [9.17, 15) is 4.79 Å². The average molecular weight is 240 g/mol. The highest BCUT2D eigenvalue weighted by atomic mass is 16.1. The Kier molecular flexibility index (Phi) is 2.74. The number of hydrogen-bond acceptors (Lipinski definition) is 3. The van der Waals surface area contributed by atoms with Crippen LogP contribution in [-0.2, 0) is 4.79 Å². The summed E-state index contributed by atoms with van der Waals surface area (Å²) in [5.41, 5.74) is 2.21. The van der Waals surface area contributed by atoms with Crippen molar-refractivity contribution in [1.82, 2.24) is 4.98 Å². The molecular weight excluding hydrogens is 224 g/mol. The standard InChI is InChI=1S/C15H16N2O/c1-11-9-14(18)6-8-17(11)13-4-5-15-12(10-13)3-2-7-16-15/h2-5,7,10-11H,6,8-9H2,1H3. The first kappa shape index (κ1) is 11.2. The molecule has 1 saturated heterocycles. The fourth-order valence-corrected chi connectivity index (χ4v) is 2.63. The molecule has 1 aromatic carbocycles. The lowest BCUT2D eigenvalue weighted by Crippen LogP contribution is -2.41. The monoisotopic (exact) mass is 240 g/mol. The molecule has 0 aliphatic carbocycles. The summed E-state index contributed by atoms with van der Waals surface area (Å²) in [5, 5.41) is 1.15. The Labute approximate surface area is 106 Å². The van der Waals surface area contributed by atoms with Gasteiger partial charge in [-0.1, -0.05) is 6.07 Å². The zero-order valence-electron chi connectivity index (χ0n) is 10.5. The van der Waals surface area contributed by atoms with Crippen molar-refractivity contribution in [3.8, 4) is 0 Å². The van der Waals surface area contributed by atoms with Crippen molar-refractivity contribution in [2.75, 3.05) is 11.4 Å². The summed E-state index contributed by atoms with van der Waals surface area (Å²) in [6, 6.07) is 10.6. The van der Waals surface area contributed by atoms with E-state index in [4.69, 9.17) is 0 Å². The minimum atomic E-state index is 0.292. The van der Waals surface area contributed by atoms with Crippen LogP contribution < -0.4 is 4.90 Å². The van der Waals surface area contributed by atoms with E-state index in [0.717, 1.165) is 17.4 Å². The first-order valence-electron chi connectivity index (χ1n) is 6.37. The van der Waals surface area contributed by atoms with Crippen molar-refractivity contribution in [3.05, 3.63) is 36.5 Å². The fraction of sp³-hybridized carbons (Fsp3) is 0.333. The van der Waals surface area contributed by atoms with Crippen molar-refractivity contribution in [2.24, 2.45) is 0 Å². The van der Waals surface area contributed by atoms with Gasteiger partial charge >= 0.3 is 0 Å². The summed E-state index contributed by atoms with van der Waals surface area (Å²) < 4.78 is 0. The third-order valence-corrected chi connectivity index (χ3v) is 3.60. The van der Waals surface area contributed by atoms with Gasteiger partial charge in [0.25, 0.3) is 0 Å². The molecule has 92 valence electrons. The molecule has 1 aromatic heterocycles. The Morgan fingerprint density at radius 2 is 2.22 bits per heavy atom. The molecule has 1 unspecified atom stereocenters. The zero-order valence-corrected chi connectivity index (χ0v) is 10.5. The molecule has 2 aromatic rings. The van der Waals surface area contributed by atoms with Crippen LogP contribution in [0.2, 0.25) is 0 Å². The van der Waals surface area contributed by atoms with Crippen LogP contribution in [0.5, 0.6) is 0 Å². The van der Waals surface area contributed by atoms with Crippen molar-refractivity contribution in [3.63, 3.8) is 0 Å². The number of pyridine rings is 1. The predicted octanol–water partition coefficient (Wildman–Crippen LogP) is 2.79. The van der Waals surface area contributed by atoms with Crippen LogP contribution >= 0.6 is 0 Å². The number of carbonyl (C=O) groups is 1. The predicted molar refractivity (Wildman–Crippen MR) is 72.8 cm³/mol. The second-order valence-corrected chi connectivity index (χ2v) is 4.92. The van der Waals surface area contributed by atoms with Crippen LogP contribution in [0.25, 0.3) is 10.9 Å². The maximum atomic E-state index is 11.4. The minimum absolute atomic E-state index is 0.292. The van der Waals surface area contributed by atoms with Gasteiger partial charge in [0.05, 0.1) is 5.52 Å². The molecule has 1 aliphatic rings. The summed E-state index contributed by atoms with van der Waals surface area (Å²) in [6.45, 7) is 2.94. The van der Waals surface area contributed by atoms with E-state index in [-0.39, 0.29) is 0 Å². The maximum absolute atomic E-state index is 11.4. The zero-order chi connectivity index (χ0) is 12.5. The van der Waals surface area contributed by atoms with E-state index in [1.165, 1.54) is 5.69 Å². The molecule has 0 N–H and O–H groups in total. The van der Waals surface area contributed by atoms with Crippen LogP contribution in [0, 0.1) is 0 Å². The van der Waals surface area contributed by atoms with Gasteiger partial charge in [0, 0.05) is 42.7 Å². The minimum Gasteiger partial charge on any atom is -0.368 e. The van der Waals surface area contributed by atoms with Gasteiger partial charge in [-0.15, -0.1) is 0 Å². The van der Waals surface area contributed by atoms with Gasteiger partial charge in [-0.2, -0.15) is 0 Å². The first-order chi connectivity index (χ1) is 8.74. The van der Waals surface area contributed by atoms with Gasteiger partial charge in [-0.25, -0.2) is 0 Å². The van der Waals surface area contributed by atoms with Crippen LogP contribution in [0.3, 0.4) is 0 Å². The molecule has 2 heterocycles. The summed E-state index contributed by atoms with van der Waals surface area (Å²) in [4.78, 5) is 18.1. The van der Waals surface area contributed by atoms with Gasteiger partial charge in [0.2, 0.25) is 0 Å². The van der Waals surface area contributed by atoms with Gasteiger partial charge in [0.15, 0.2) is 0 Å². The van der Waals surface area contributed by atoms with E-state index >= 15 is 0 Å². The molecule has 1 aliphatic heterocycles. The molecule has 3 rings (SSSR count). The molecule has 0 bridgehead atoms. The van der Waals surface area contributed by atoms with Crippen molar-refractivity contribution < 1.29 is 4.79 Å². The summed E-state index contributed by atoms with van der Waals surface area (Å²) in [7, 11) is 0. The number of ketones is 1. The van der Waals surface area contributed by atoms with Crippen LogP contribution in [0.4, 0.5) is 5.69 Å². The highest BCUT2D eigenvalue weighted by molar-refractivity contribution is 5.84. The van der Waals surface area contributed by atoms with Gasteiger partial charge in [0.1, 0.15) is 5.78 Å². The number of fused-ring (bicyclic) bond motifs is 1. The molecule has 0 amide bonds. The number of hydrogen-bond donors (Lipinski definition) is 0. The molecule has 3 heteroatoms. The van der Waals surface area contributed by atoms with E-state index in [1.54, 1.807) is 0 Å². The van der Waals surface area contributed by atoms with Crippen molar-refractivity contribution in [2.45, 2.75) is 25.8 Å². The summed E-state index contributed by atoms with van der Waals surface area (Å²) >= 11 is 0. The molecule has 1 atom stereocenters. The molecule has 0 saturated carbocycles. The molecule has 1 fully saturated rings. The number of rotatable bonds is 1. The molecule has 18 heavy (non-hydrogen) atoms. The Morgan fingerprint density at radius 3 is 3.06 bits per heavy atom. The Hall–Kier alpha value is -1.90. The Morgan fingerprint density at radius 1 is 1.33 bits per heavy atom. The number of anilines is 1. The molecular formula is C15H16N2O. The van der Waals surface area contributed by atoms with E-state index in [0.29, 0.717) is 24.7 Å². The van der Waals surface area contributed by atoms with Crippen LogP contribution in [-0.4, -0.2) is 23.4 Å². The lowest BCUT2D eigenvalue weighted by atomic mass is 10.0. The van der Waals surface area contributed by atoms with E-state index < -0.39 is 0 Å². The fourth-order valence-electron chi connectivity index (χ4n) is 2.63. The normalized spacial score (nSPS) is 20.4. The van der Waals surface area contributed by atoms with Crippen LogP contribution in [0.15, 0.2) is 36.5 Å². The second kappa shape index (κ2) is 4.41. The van der Waals surface area contributed by atoms with Gasteiger partial charge < -0.3 is 4.90 Å². The van der Waals surface area contributed by atoms with Crippen LogP contribution in [0.1, 0.15) is 19.8 Å². The topological polar surface area (TPSA) is 33.2 Å². The Bertz CT molecular complexity index is 594. The quantitative estimate of drug-likeness (QED) is 0.768. The van der Waals surface area contributed by atoms with Crippen molar-refractivity contribution in [1.29, 1.82) is 0 Å². The Balaban J connectivity index is 1.96. The third-order valence-electron chi connectivity index (χ3n) is 3.60. The largest absolute Gasteiger partial charge is 0.368 e. The molecule has 0 radical (unpaired) electrons. The number of Topliss-reactive ketones (excluding diaryl/α,β-unsaturated/α-hetero) is 1. The number of nitrogens with zero attached hydrogens (tertiary/aromatic N) is 2. The van der Waals surface area contributed by atoms with Gasteiger partial charge in [-0.05, 0) is 31.2 Å².